The summed E-state index contributed by atoms with van der Waals surface area (Å²) >= 11 is 1.81. The third-order valence-corrected chi connectivity index (χ3v) is 5.88. The normalized spacial score (nSPS) is 20.3. The van der Waals surface area contributed by atoms with Crippen LogP contribution in [0.3, 0.4) is 0 Å². The Hall–Kier alpha value is -1.58. The van der Waals surface area contributed by atoms with Gasteiger partial charge in [0.05, 0.1) is 0 Å². The molecule has 1 saturated heterocycles. The van der Waals surface area contributed by atoms with Gasteiger partial charge in [-0.2, -0.15) is 0 Å². The van der Waals surface area contributed by atoms with E-state index in [1.165, 1.54) is 46.2 Å². The molecule has 0 saturated carbocycles. The number of H-pyrrole nitrogens is 1. The lowest BCUT2D eigenvalue weighted by atomic mass is 9.87. The quantitative estimate of drug-likeness (QED) is 0.688. The van der Waals surface area contributed by atoms with E-state index < -0.39 is 0 Å². The maximum atomic E-state index is 3.70. The summed E-state index contributed by atoms with van der Waals surface area (Å²) in [5.41, 5.74) is 4.03. The molecule has 2 unspecified atom stereocenters. The van der Waals surface area contributed by atoms with Crippen LogP contribution in [0.5, 0.6) is 0 Å². The summed E-state index contributed by atoms with van der Waals surface area (Å²) in [7, 11) is 0. The predicted octanol–water partition coefficient (Wildman–Crippen LogP) is 5.14. The van der Waals surface area contributed by atoms with E-state index in [0.717, 1.165) is 6.54 Å². The van der Waals surface area contributed by atoms with Gasteiger partial charge >= 0.3 is 0 Å². The summed E-state index contributed by atoms with van der Waals surface area (Å²) < 4.78 is 0. The van der Waals surface area contributed by atoms with Crippen molar-refractivity contribution in [3.05, 3.63) is 47.5 Å². The molecule has 2 atom stereocenters. The van der Waals surface area contributed by atoms with Crippen LogP contribution in [0.1, 0.15) is 37.7 Å². The number of hydrogen-bond acceptors (Lipinski definition) is 2. The predicted molar refractivity (Wildman–Crippen MR) is 95.7 cm³/mol. The Bertz CT molecular complexity index is 751. The van der Waals surface area contributed by atoms with Crippen LogP contribution < -0.4 is 5.32 Å². The average molecular weight is 310 g/mol. The monoisotopic (exact) mass is 310 g/mol. The molecule has 0 aliphatic carbocycles. The van der Waals surface area contributed by atoms with Crippen LogP contribution in [0.15, 0.2) is 41.9 Å². The number of hydrogen-bond donors (Lipinski definition) is 2. The molecule has 1 aliphatic rings. The Morgan fingerprint density at radius 2 is 2.18 bits per heavy atom. The fraction of sp³-hybridized carbons (Fsp3) is 0.368. The summed E-state index contributed by atoms with van der Waals surface area (Å²) in [6.07, 6.45) is 6.17. The van der Waals surface area contributed by atoms with Gasteiger partial charge in [-0.25, -0.2) is 0 Å². The van der Waals surface area contributed by atoms with Gasteiger partial charge in [-0.3, -0.25) is 0 Å². The Morgan fingerprint density at radius 3 is 2.95 bits per heavy atom. The lowest BCUT2D eigenvalue weighted by Gasteiger charge is -2.29. The van der Waals surface area contributed by atoms with Crippen molar-refractivity contribution in [2.45, 2.75) is 38.1 Å². The molecule has 2 nitrogen and oxygen atoms in total. The second kappa shape index (κ2) is 5.90. The van der Waals surface area contributed by atoms with Crippen LogP contribution in [-0.4, -0.2) is 17.6 Å². The highest BCUT2D eigenvalue weighted by Crippen LogP contribution is 2.34. The standard InChI is InChI=1S/C19H22N2S/c1-13(17-5-2-3-9-20-17)16-12-21-18-8-7-14(11-15(16)18)19-6-4-10-22-19/h4,6-8,10-13,17,20-21H,2-3,5,9H2,1H3. The van der Waals surface area contributed by atoms with Crippen LogP contribution in [0.2, 0.25) is 0 Å². The topological polar surface area (TPSA) is 27.8 Å². The zero-order valence-electron chi connectivity index (χ0n) is 12.9. The third kappa shape index (κ3) is 2.49. The molecule has 2 N–H and O–H groups in total. The van der Waals surface area contributed by atoms with Gasteiger partial charge in [-0.05, 0) is 60.0 Å². The molecule has 0 spiro atoms. The van der Waals surface area contributed by atoms with Crippen molar-refractivity contribution >= 4 is 22.2 Å². The SMILES string of the molecule is CC(c1c[nH]c2ccc(-c3cccs3)cc12)C1CCCCN1. The molecule has 2 aromatic heterocycles. The van der Waals surface area contributed by atoms with Gasteiger partial charge in [-0.15, -0.1) is 11.3 Å². The lowest BCUT2D eigenvalue weighted by Crippen LogP contribution is -2.37. The first kappa shape index (κ1) is 14.0. The summed E-state index contributed by atoms with van der Waals surface area (Å²) in [5.74, 6) is 0.549. The molecule has 1 aromatic carbocycles. The molecule has 22 heavy (non-hydrogen) atoms. The van der Waals surface area contributed by atoms with Gasteiger partial charge in [0.1, 0.15) is 0 Å². The van der Waals surface area contributed by atoms with E-state index in [9.17, 15) is 0 Å². The molecular formula is C19H22N2S. The van der Waals surface area contributed by atoms with Crippen LogP contribution in [0, 0.1) is 0 Å². The first-order valence-electron chi connectivity index (χ1n) is 8.21. The third-order valence-electron chi connectivity index (χ3n) is 4.96. The van der Waals surface area contributed by atoms with Crippen LogP contribution in [-0.2, 0) is 0 Å². The Balaban J connectivity index is 1.72. The Morgan fingerprint density at radius 1 is 1.23 bits per heavy atom. The second-order valence-electron chi connectivity index (χ2n) is 6.33. The molecule has 0 bridgehead atoms. The fourth-order valence-corrected chi connectivity index (χ4v) is 4.36. The van der Waals surface area contributed by atoms with Gasteiger partial charge in [0.25, 0.3) is 0 Å². The molecule has 4 rings (SSSR count). The van der Waals surface area contributed by atoms with Crippen LogP contribution in [0.4, 0.5) is 0 Å². The number of fused-ring (bicyclic) bond motifs is 1. The Labute approximate surface area is 135 Å². The first-order valence-corrected chi connectivity index (χ1v) is 9.09. The van der Waals surface area contributed by atoms with Gasteiger partial charge in [-0.1, -0.05) is 25.5 Å². The van der Waals surface area contributed by atoms with Gasteiger partial charge in [0.2, 0.25) is 0 Å². The lowest BCUT2D eigenvalue weighted by molar-refractivity contribution is 0.362. The molecule has 3 heterocycles. The van der Waals surface area contributed by atoms with Crippen molar-refractivity contribution in [2.75, 3.05) is 6.54 Å². The van der Waals surface area contributed by atoms with Gasteiger partial charge < -0.3 is 10.3 Å². The molecule has 1 aliphatic heterocycles. The second-order valence-corrected chi connectivity index (χ2v) is 7.27. The highest BCUT2D eigenvalue weighted by Gasteiger charge is 2.23. The molecule has 114 valence electrons. The van der Waals surface area contributed by atoms with Crippen molar-refractivity contribution in [2.24, 2.45) is 0 Å². The summed E-state index contributed by atoms with van der Waals surface area (Å²) in [6.45, 7) is 3.53. The van der Waals surface area contributed by atoms with Gasteiger partial charge in [0, 0.05) is 28.0 Å². The zero-order valence-corrected chi connectivity index (χ0v) is 13.7. The summed E-state index contributed by atoms with van der Waals surface area (Å²) in [6, 6.07) is 11.7. The smallest absolute Gasteiger partial charge is 0.0457 e. The average Bonchev–Trinajstić information content (AvgIpc) is 3.24. The first-order chi connectivity index (χ1) is 10.8. The molecule has 3 heteroatoms. The van der Waals surface area contributed by atoms with Crippen LogP contribution >= 0.6 is 11.3 Å². The summed E-state index contributed by atoms with van der Waals surface area (Å²) in [4.78, 5) is 4.80. The zero-order chi connectivity index (χ0) is 14.9. The maximum Gasteiger partial charge on any atom is 0.0457 e. The largest absolute Gasteiger partial charge is 0.361 e. The number of rotatable bonds is 3. The van der Waals surface area contributed by atoms with E-state index in [-0.39, 0.29) is 0 Å². The van der Waals surface area contributed by atoms with E-state index in [2.05, 4.69) is 59.1 Å². The van der Waals surface area contributed by atoms with Crippen molar-refractivity contribution in [3.63, 3.8) is 0 Å². The molecule has 3 aromatic rings. The van der Waals surface area contributed by atoms with Gasteiger partial charge in [0.15, 0.2) is 0 Å². The number of aromatic nitrogens is 1. The van der Waals surface area contributed by atoms with E-state index >= 15 is 0 Å². The van der Waals surface area contributed by atoms with Crippen molar-refractivity contribution in [1.82, 2.24) is 10.3 Å². The highest BCUT2D eigenvalue weighted by molar-refractivity contribution is 7.13. The van der Waals surface area contributed by atoms with E-state index in [4.69, 9.17) is 0 Å². The number of thiophene rings is 1. The van der Waals surface area contributed by atoms with Crippen molar-refractivity contribution < 1.29 is 0 Å². The van der Waals surface area contributed by atoms with Crippen LogP contribution in [0.25, 0.3) is 21.3 Å². The molecular weight excluding hydrogens is 288 g/mol. The molecule has 0 amide bonds. The van der Waals surface area contributed by atoms with E-state index in [1.54, 1.807) is 11.3 Å². The Kier molecular flexibility index (Phi) is 3.77. The highest BCUT2D eigenvalue weighted by atomic mass is 32.1. The molecule has 1 fully saturated rings. The minimum absolute atomic E-state index is 0.549. The fourth-order valence-electron chi connectivity index (χ4n) is 3.64. The van der Waals surface area contributed by atoms with Crippen molar-refractivity contribution in [3.8, 4) is 10.4 Å². The molecule has 0 radical (unpaired) electrons. The number of benzene rings is 1. The minimum atomic E-state index is 0.549. The number of nitrogens with one attached hydrogen (secondary N) is 2. The van der Waals surface area contributed by atoms with Crippen molar-refractivity contribution in [1.29, 1.82) is 0 Å². The summed E-state index contributed by atoms with van der Waals surface area (Å²) in [5, 5.41) is 7.23. The van der Waals surface area contributed by atoms with E-state index in [1.807, 2.05) is 0 Å². The number of aromatic amines is 1. The van der Waals surface area contributed by atoms with E-state index in [0.29, 0.717) is 12.0 Å². The minimum Gasteiger partial charge on any atom is -0.361 e. The maximum absolute atomic E-state index is 3.70. The number of piperidine rings is 1.